The minimum Gasteiger partial charge on any atom is -0.369 e. The highest BCUT2D eigenvalue weighted by Gasteiger charge is 2.18. The SMILES string of the molecule is Cc1nccc(NCC(C)(C)CN(C)C)n1. The molecule has 4 nitrogen and oxygen atoms in total. The second kappa shape index (κ2) is 5.25. The summed E-state index contributed by atoms with van der Waals surface area (Å²) < 4.78 is 0. The van der Waals surface area contributed by atoms with E-state index in [2.05, 4.69) is 48.1 Å². The molecule has 0 fully saturated rings. The van der Waals surface area contributed by atoms with Crippen molar-refractivity contribution in [1.82, 2.24) is 14.9 Å². The molecule has 1 heterocycles. The molecule has 90 valence electrons. The van der Waals surface area contributed by atoms with Gasteiger partial charge in [-0.25, -0.2) is 9.97 Å². The monoisotopic (exact) mass is 222 g/mol. The fourth-order valence-electron chi connectivity index (χ4n) is 1.80. The van der Waals surface area contributed by atoms with Crippen LogP contribution in [0, 0.1) is 12.3 Å². The van der Waals surface area contributed by atoms with Gasteiger partial charge in [0.25, 0.3) is 0 Å². The molecule has 0 bridgehead atoms. The molecule has 1 rings (SSSR count). The zero-order valence-corrected chi connectivity index (χ0v) is 10.9. The lowest BCUT2D eigenvalue weighted by Crippen LogP contribution is -2.34. The standard InChI is InChI=1S/C12H22N4/c1-10-13-7-6-11(15-10)14-8-12(2,3)9-16(4)5/h6-7H,8-9H2,1-5H3,(H,13,14,15). The Kier molecular flexibility index (Phi) is 4.24. The summed E-state index contributed by atoms with van der Waals surface area (Å²) in [5.41, 5.74) is 0.225. The smallest absolute Gasteiger partial charge is 0.129 e. The van der Waals surface area contributed by atoms with Crippen molar-refractivity contribution < 1.29 is 0 Å². The summed E-state index contributed by atoms with van der Waals surface area (Å²) in [4.78, 5) is 10.6. The van der Waals surface area contributed by atoms with E-state index in [4.69, 9.17) is 0 Å². The van der Waals surface area contributed by atoms with Crippen molar-refractivity contribution >= 4 is 5.82 Å². The van der Waals surface area contributed by atoms with Crippen molar-refractivity contribution in [2.75, 3.05) is 32.5 Å². The molecule has 4 heteroatoms. The molecule has 0 unspecified atom stereocenters. The molecule has 0 atom stereocenters. The third kappa shape index (κ3) is 4.57. The van der Waals surface area contributed by atoms with E-state index in [0.717, 1.165) is 24.7 Å². The highest BCUT2D eigenvalue weighted by atomic mass is 15.1. The highest BCUT2D eigenvalue weighted by molar-refractivity contribution is 5.32. The summed E-state index contributed by atoms with van der Waals surface area (Å²) in [7, 11) is 4.19. The van der Waals surface area contributed by atoms with E-state index in [1.165, 1.54) is 0 Å². The maximum absolute atomic E-state index is 4.32. The third-order valence-electron chi connectivity index (χ3n) is 2.27. The first-order chi connectivity index (χ1) is 7.39. The minimum absolute atomic E-state index is 0.225. The van der Waals surface area contributed by atoms with Gasteiger partial charge < -0.3 is 10.2 Å². The molecule has 16 heavy (non-hydrogen) atoms. The van der Waals surface area contributed by atoms with Crippen LogP contribution in [0.15, 0.2) is 12.3 Å². The Morgan fingerprint density at radius 3 is 2.62 bits per heavy atom. The van der Waals surface area contributed by atoms with Crippen LogP contribution in [0.4, 0.5) is 5.82 Å². The van der Waals surface area contributed by atoms with Crippen LogP contribution >= 0.6 is 0 Å². The normalized spacial score (nSPS) is 11.9. The maximum atomic E-state index is 4.32. The molecule has 0 aliphatic rings. The third-order valence-corrected chi connectivity index (χ3v) is 2.27. The predicted molar refractivity (Wildman–Crippen MR) is 67.6 cm³/mol. The quantitative estimate of drug-likeness (QED) is 0.824. The number of hydrogen-bond acceptors (Lipinski definition) is 4. The first-order valence-corrected chi connectivity index (χ1v) is 5.57. The summed E-state index contributed by atoms with van der Waals surface area (Å²) in [5, 5.41) is 3.35. The van der Waals surface area contributed by atoms with Crippen LogP contribution in [0.2, 0.25) is 0 Å². The molecular formula is C12H22N4. The van der Waals surface area contributed by atoms with Gasteiger partial charge in [0.15, 0.2) is 0 Å². The van der Waals surface area contributed by atoms with Crippen molar-refractivity contribution in [3.63, 3.8) is 0 Å². The molecule has 0 spiro atoms. The fraction of sp³-hybridized carbons (Fsp3) is 0.667. The predicted octanol–water partition coefficient (Wildman–Crippen LogP) is 1.78. The van der Waals surface area contributed by atoms with Gasteiger partial charge in [-0.15, -0.1) is 0 Å². The van der Waals surface area contributed by atoms with Crippen LogP contribution < -0.4 is 5.32 Å². The molecule has 1 aromatic heterocycles. The molecule has 0 saturated heterocycles. The number of aromatic nitrogens is 2. The van der Waals surface area contributed by atoms with Crippen LogP contribution in [0.1, 0.15) is 19.7 Å². The average Bonchev–Trinajstić information content (AvgIpc) is 2.13. The number of nitrogens with zero attached hydrogens (tertiary/aromatic N) is 3. The van der Waals surface area contributed by atoms with E-state index in [0.29, 0.717) is 0 Å². The number of rotatable bonds is 5. The number of nitrogens with one attached hydrogen (secondary N) is 1. The minimum atomic E-state index is 0.225. The lowest BCUT2D eigenvalue weighted by atomic mass is 9.93. The van der Waals surface area contributed by atoms with Crippen LogP contribution in [-0.4, -0.2) is 42.1 Å². The second-order valence-electron chi connectivity index (χ2n) is 5.24. The number of aryl methyl sites for hydroxylation is 1. The molecule has 0 aliphatic heterocycles. The van der Waals surface area contributed by atoms with E-state index in [1.54, 1.807) is 6.20 Å². The summed E-state index contributed by atoms with van der Waals surface area (Å²) in [6.07, 6.45) is 1.78. The van der Waals surface area contributed by atoms with Gasteiger partial charge in [-0.05, 0) is 32.5 Å². The fourth-order valence-corrected chi connectivity index (χ4v) is 1.80. The molecule has 1 aromatic rings. The Balaban J connectivity index is 2.50. The zero-order chi connectivity index (χ0) is 12.2. The molecule has 0 aromatic carbocycles. The van der Waals surface area contributed by atoms with E-state index >= 15 is 0 Å². The molecule has 1 N–H and O–H groups in total. The van der Waals surface area contributed by atoms with Gasteiger partial charge in [0.05, 0.1) is 0 Å². The van der Waals surface area contributed by atoms with Gasteiger partial charge in [-0.2, -0.15) is 0 Å². The topological polar surface area (TPSA) is 41.1 Å². The summed E-state index contributed by atoms with van der Waals surface area (Å²) in [6, 6.07) is 1.90. The Morgan fingerprint density at radius 2 is 2.06 bits per heavy atom. The largest absolute Gasteiger partial charge is 0.369 e. The van der Waals surface area contributed by atoms with Crippen molar-refractivity contribution in [2.45, 2.75) is 20.8 Å². The molecule has 0 amide bonds. The Morgan fingerprint density at radius 1 is 1.38 bits per heavy atom. The zero-order valence-electron chi connectivity index (χ0n) is 10.9. The molecular weight excluding hydrogens is 200 g/mol. The van der Waals surface area contributed by atoms with Gasteiger partial charge in [0.2, 0.25) is 0 Å². The van der Waals surface area contributed by atoms with E-state index in [-0.39, 0.29) is 5.41 Å². The van der Waals surface area contributed by atoms with Gasteiger partial charge in [-0.1, -0.05) is 13.8 Å². The Hall–Kier alpha value is -1.16. The average molecular weight is 222 g/mol. The van der Waals surface area contributed by atoms with Crippen LogP contribution in [0.5, 0.6) is 0 Å². The van der Waals surface area contributed by atoms with Crippen molar-refractivity contribution in [3.8, 4) is 0 Å². The van der Waals surface area contributed by atoms with Gasteiger partial charge in [0.1, 0.15) is 11.6 Å². The van der Waals surface area contributed by atoms with Crippen molar-refractivity contribution in [2.24, 2.45) is 5.41 Å². The van der Waals surface area contributed by atoms with Crippen LogP contribution in [0.25, 0.3) is 0 Å². The van der Waals surface area contributed by atoms with Crippen LogP contribution in [0.3, 0.4) is 0 Å². The molecule has 0 aliphatic carbocycles. The Bertz CT molecular complexity index is 334. The first-order valence-electron chi connectivity index (χ1n) is 5.57. The van der Waals surface area contributed by atoms with Crippen molar-refractivity contribution in [1.29, 1.82) is 0 Å². The van der Waals surface area contributed by atoms with Crippen molar-refractivity contribution in [3.05, 3.63) is 18.1 Å². The lowest BCUT2D eigenvalue weighted by molar-refractivity contribution is 0.254. The lowest BCUT2D eigenvalue weighted by Gasteiger charge is -2.28. The van der Waals surface area contributed by atoms with Gasteiger partial charge >= 0.3 is 0 Å². The number of anilines is 1. The Labute approximate surface area is 98.1 Å². The first kappa shape index (κ1) is 12.9. The second-order valence-corrected chi connectivity index (χ2v) is 5.24. The number of hydrogen-bond donors (Lipinski definition) is 1. The maximum Gasteiger partial charge on any atom is 0.129 e. The molecule has 0 radical (unpaired) electrons. The van der Waals surface area contributed by atoms with Gasteiger partial charge in [-0.3, -0.25) is 0 Å². The highest BCUT2D eigenvalue weighted by Crippen LogP contribution is 2.16. The summed E-state index contributed by atoms with van der Waals surface area (Å²) in [5.74, 6) is 1.70. The van der Waals surface area contributed by atoms with E-state index < -0.39 is 0 Å². The van der Waals surface area contributed by atoms with E-state index in [9.17, 15) is 0 Å². The summed E-state index contributed by atoms with van der Waals surface area (Å²) >= 11 is 0. The molecule has 0 saturated carbocycles. The summed E-state index contributed by atoms with van der Waals surface area (Å²) in [6.45, 7) is 8.34. The van der Waals surface area contributed by atoms with Gasteiger partial charge in [0, 0.05) is 19.3 Å². The van der Waals surface area contributed by atoms with E-state index in [1.807, 2.05) is 13.0 Å². The van der Waals surface area contributed by atoms with Crippen LogP contribution in [-0.2, 0) is 0 Å².